The highest BCUT2D eigenvalue weighted by Crippen LogP contribution is 2.32. The molecule has 1 aliphatic carbocycles. The summed E-state index contributed by atoms with van der Waals surface area (Å²) in [7, 11) is 0. The fraction of sp³-hybridized carbons (Fsp3) is 0.625. The second-order valence-electron chi connectivity index (χ2n) is 9.18. The summed E-state index contributed by atoms with van der Waals surface area (Å²) in [5.74, 6) is -0.867. The van der Waals surface area contributed by atoms with E-state index in [-0.39, 0.29) is 11.7 Å². The van der Waals surface area contributed by atoms with E-state index in [1.807, 2.05) is 18.2 Å². The number of para-hydroxylation sites is 2. The first-order valence-corrected chi connectivity index (χ1v) is 11.8. The van der Waals surface area contributed by atoms with Gasteiger partial charge in [0.05, 0.1) is 11.0 Å². The first-order valence-electron chi connectivity index (χ1n) is 11.8. The maximum absolute atomic E-state index is 13.2. The van der Waals surface area contributed by atoms with Crippen LogP contribution in [0.1, 0.15) is 87.7 Å². The molecule has 168 valence electrons. The summed E-state index contributed by atoms with van der Waals surface area (Å²) in [6.07, 6.45) is 12.5. The van der Waals surface area contributed by atoms with E-state index in [9.17, 15) is 9.59 Å². The summed E-state index contributed by atoms with van der Waals surface area (Å²) < 4.78 is 1.70. The van der Waals surface area contributed by atoms with E-state index in [0.717, 1.165) is 24.9 Å². The Morgan fingerprint density at radius 1 is 1.13 bits per heavy atom. The van der Waals surface area contributed by atoms with Crippen molar-refractivity contribution in [3.63, 3.8) is 0 Å². The number of hydrogen-bond donors (Lipinski definition) is 2. The monoisotopic (exact) mass is 426 g/mol. The molecule has 7 nitrogen and oxygen atoms in total. The minimum atomic E-state index is -0.867. The Bertz CT molecular complexity index is 965. The quantitative estimate of drug-likeness (QED) is 0.556. The summed E-state index contributed by atoms with van der Waals surface area (Å²) in [5.41, 5.74) is 2.15. The van der Waals surface area contributed by atoms with Crippen LogP contribution in [0.25, 0.3) is 11.0 Å². The van der Waals surface area contributed by atoms with Crippen LogP contribution in [0.3, 0.4) is 0 Å². The predicted octanol–water partition coefficient (Wildman–Crippen LogP) is 4.04. The molecule has 0 spiro atoms. The van der Waals surface area contributed by atoms with Crippen LogP contribution in [-0.4, -0.2) is 44.2 Å². The molecule has 0 unspecified atom stereocenters. The number of nitrogens with one attached hydrogen (secondary N) is 1. The maximum Gasteiger partial charge on any atom is 0.299 e. The Labute approximate surface area is 183 Å². The number of hydroxylamine groups is 1. The molecule has 2 fully saturated rings. The number of benzene rings is 1. The SMILES string of the molecule is C[C@@H](C[C@@H]1CCCN1C1CCCCCCC1)n1c(=O)c(C(=O)NO)nc2ccccc21. The van der Waals surface area contributed by atoms with Crippen LogP contribution in [-0.2, 0) is 0 Å². The molecule has 1 aromatic heterocycles. The van der Waals surface area contributed by atoms with Gasteiger partial charge >= 0.3 is 0 Å². The highest BCUT2D eigenvalue weighted by atomic mass is 16.5. The first-order chi connectivity index (χ1) is 15.1. The fourth-order valence-electron chi connectivity index (χ4n) is 5.65. The van der Waals surface area contributed by atoms with Crippen LogP contribution >= 0.6 is 0 Å². The van der Waals surface area contributed by atoms with E-state index in [4.69, 9.17) is 5.21 Å². The molecule has 1 aliphatic heterocycles. The molecule has 0 radical (unpaired) electrons. The van der Waals surface area contributed by atoms with Gasteiger partial charge in [-0.15, -0.1) is 0 Å². The van der Waals surface area contributed by atoms with E-state index in [2.05, 4.69) is 16.8 Å². The number of carbonyl (C=O) groups is 1. The second-order valence-corrected chi connectivity index (χ2v) is 9.18. The molecule has 31 heavy (non-hydrogen) atoms. The van der Waals surface area contributed by atoms with E-state index in [1.165, 1.54) is 51.4 Å². The van der Waals surface area contributed by atoms with Gasteiger partial charge in [0.2, 0.25) is 0 Å². The van der Waals surface area contributed by atoms with Crippen molar-refractivity contribution in [3.8, 4) is 0 Å². The van der Waals surface area contributed by atoms with Gasteiger partial charge in [-0.3, -0.25) is 19.7 Å². The van der Waals surface area contributed by atoms with Crippen LogP contribution < -0.4 is 11.0 Å². The van der Waals surface area contributed by atoms with Gasteiger partial charge < -0.3 is 4.57 Å². The van der Waals surface area contributed by atoms with Crippen LogP contribution in [0, 0.1) is 0 Å². The zero-order chi connectivity index (χ0) is 21.8. The zero-order valence-corrected chi connectivity index (χ0v) is 18.4. The molecule has 2 atom stereocenters. The summed E-state index contributed by atoms with van der Waals surface area (Å²) in [6, 6.07) is 8.42. The van der Waals surface area contributed by atoms with E-state index in [1.54, 1.807) is 16.1 Å². The number of carbonyl (C=O) groups excluding carboxylic acids is 1. The normalized spacial score (nSPS) is 22.2. The number of aromatic nitrogens is 2. The molecular formula is C24H34N4O3. The largest absolute Gasteiger partial charge is 0.302 e. The third-order valence-corrected chi connectivity index (χ3v) is 7.13. The Morgan fingerprint density at radius 2 is 1.84 bits per heavy atom. The molecule has 1 aromatic carbocycles. The molecule has 1 saturated heterocycles. The Balaban J connectivity index is 1.61. The predicted molar refractivity (Wildman–Crippen MR) is 120 cm³/mol. The Kier molecular flexibility index (Phi) is 7.02. The Hall–Kier alpha value is -2.25. The average Bonchev–Trinajstić information content (AvgIpc) is 3.20. The number of fused-ring (bicyclic) bond motifs is 1. The lowest BCUT2D eigenvalue weighted by atomic mass is 9.94. The smallest absolute Gasteiger partial charge is 0.299 e. The fourth-order valence-corrected chi connectivity index (χ4v) is 5.65. The zero-order valence-electron chi connectivity index (χ0n) is 18.4. The summed E-state index contributed by atoms with van der Waals surface area (Å²) in [4.78, 5) is 32.2. The number of nitrogens with zero attached hydrogens (tertiary/aromatic N) is 3. The Morgan fingerprint density at radius 3 is 2.58 bits per heavy atom. The summed E-state index contributed by atoms with van der Waals surface area (Å²) >= 11 is 0. The minimum absolute atomic E-state index is 0.0789. The van der Waals surface area contributed by atoms with Gasteiger partial charge in [0.1, 0.15) is 0 Å². The second kappa shape index (κ2) is 9.92. The van der Waals surface area contributed by atoms with Crippen LogP contribution in [0.2, 0.25) is 0 Å². The van der Waals surface area contributed by atoms with Crippen molar-refractivity contribution in [3.05, 3.63) is 40.3 Å². The standard InChI is InChI=1S/C24H34N4O3/c1-17(16-19-12-9-15-27(19)18-10-5-3-2-4-6-11-18)28-21-14-8-7-13-20(21)25-22(24(28)30)23(29)26-31/h7-8,13-14,17-19,31H,2-6,9-12,15-16H2,1H3,(H,26,29)/t17-,19-/m0/s1. The maximum atomic E-state index is 13.2. The van der Waals surface area contributed by atoms with Gasteiger partial charge in [-0.2, -0.15) is 0 Å². The van der Waals surface area contributed by atoms with Crippen molar-refractivity contribution in [2.24, 2.45) is 0 Å². The molecule has 2 aromatic rings. The van der Waals surface area contributed by atoms with Crippen LogP contribution in [0.4, 0.5) is 0 Å². The minimum Gasteiger partial charge on any atom is -0.302 e. The lowest BCUT2D eigenvalue weighted by Crippen LogP contribution is -2.41. The lowest BCUT2D eigenvalue weighted by Gasteiger charge is -2.36. The van der Waals surface area contributed by atoms with Crippen molar-refractivity contribution in [2.75, 3.05) is 6.54 Å². The number of likely N-dealkylation sites (tertiary alicyclic amines) is 1. The van der Waals surface area contributed by atoms with E-state index in [0.29, 0.717) is 17.6 Å². The van der Waals surface area contributed by atoms with Crippen molar-refractivity contribution in [1.82, 2.24) is 19.9 Å². The van der Waals surface area contributed by atoms with Gasteiger partial charge in [-0.1, -0.05) is 44.2 Å². The van der Waals surface area contributed by atoms with Crippen LogP contribution in [0.5, 0.6) is 0 Å². The van der Waals surface area contributed by atoms with Gasteiger partial charge in [0, 0.05) is 18.1 Å². The molecule has 7 heteroatoms. The van der Waals surface area contributed by atoms with E-state index < -0.39 is 11.5 Å². The van der Waals surface area contributed by atoms with Crippen molar-refractivity contribution in [1.29, 1.82) is 0 Å². The van der Waals surface area contributed by atoms with Gasteiger partial charge in [-0.05, 0) is 57.7 Å². The summed E-state index contributed by atoms with van der Waals surface area (Å²) in [5, 5.41) is 9.07. The van der Waals surface area contributed by atoms with Crippen molar-refractivity contribution >= 4 is 16.9 Å². The number of rotatable bonds is 5. The highest BCUT2D eigenvalue weighted by Gasteiger charge is 2.32. The topological polar surface area (TPSA) is 87.5 Å². The summed E-state index contributed by atoms with van der Waals surface area (Å²) in [6.45, 7) is 3.20. The third-order valence-electron chi connectivity index (χ3n) is 7.13. The van der Waals surface area contributed by atoms with Crippen LogP contribution in [0.15, 0.2) is 29.1 Å². The molecule has 0 bridgehead atoms. The molecule has 4 rings (SSSR count). The molecule has 1 amide bonds. The molecule has 1 saturated carbocycles. The van der Waals surface area contributed by atoms with Gasteiger partial charge in [0.25, 0.3) is 11.5 Å². The number of hydrogen-bond acceptors (Lipinski definition) is 5. The number of amides is 1. The average molecular weight is 427 g/mol. The first kappa shape index (κ1) is 22.0. The van der Waals surface area contributed by atoms with Crippen molar-refractivity contribution < 1.29 is 10.0 Å². The lowest BCUT2D eigenvalue weighted by molar-refractivity contribution is 0.0698. The van der Waals surface area contributed by atoms with Gasteiger partial charge in [0.15, 0.2) is 5.69 Å². The van der Waals surface area contributed by atoms with Crippen molar-refractivity contribution in [2.45, 2.75) is 89.3 Å². The molecule has 2 N–H and O–H groups in total. The highest BCUT2D eigenvalue weighted by molar-refractivity contribution is 5.93. The third kappa shape index (κ3) is 4.67. The molecule has 2 aliphatic rings. The van der Waals surface area contributed by atoms with Gasteiger partial charge in [-0.25, -0.2) is 10.5 Å². The van der Waals surface area contributed by atoms with E-state index >= 15 is 0 Å². The molecular weight excluding hydrogens is 392 g/mol. The molecule has 2 heterocycles.